The number of rotatable bonds is 2. The molecule has 3 unspecified atom stereocenters. The van der Waals surface area contributed by atoms with Crippen LogP contribution in [0.1, 0.15) is 57.8 Å². The van der Waals surface area contributed by atoms with Crippen LogP contribution in [-0.2, 0) is 0 Å². The highest BCUT2D eigenvalue weighted by atomic mass is 15.2. The summed E-state index contributed by atoms with van der Waals surface area (Å²) in [4.78, 5) is 2.65. The highest BCUT2D eigenvalue weighted by molar-refractivity contribution is 4.92. The lowest BCUT2D eigenvalue weighted by Crippen LogP contribution is -2.48. The second kappa shape index (κ2) is 5.71. The van der Waals surface area contributed by atoms with Gasteiger partial charge in [-0.25, -0.2) is 0 Å². The van der Waals surface area contributed by atoms with Crippen LogP contribution in [0.25, 0.3) is 0 Å². The molecule has 3 fully saturated rings. The normalized spacial score (nSPS) is 39.9. The summed E-state index contributed by atoms with van der Waals surface area (Å²) in [5.41, 5.74) is 0. The molecule has 2 aliphatic heterocycles. The molecule has 1 aliphatic carbocycles. The second-order valence-corrected chi connectivity index (χ2v) is 6.45. The molecule has 3 rings (SSSR count). The van der Waals surface area contributed by atoms with Gasteiger partial charge in [-0.2, -0.15) is 0 Å². The fourth-order valence-corrected chi connectivity index (χ4v) is 4.10. The molecular formula is C15H28N2. The SMILES string of the molecule is C1CCCC(NC2CCN3CCC2C3)CCC1. The lowest BCUT2D eigenvalue weighted by atomic mass is 9.90. The molecular weight excluding hydrogens is 208 g/mol. The summed E-state index contributed by atoms with van der Waals surface area (Å²) in [7, 11) is 0. The second-order valence-electron chi connectivity index (χ2n) is 6.45. The van der Waals surface area contributed by atoms with Gasteiger partial charge in [0.15, 0.2) is 0 Å². The Morgan fingerprint density at radius 3 is 2.29 bits per heavy atom. The highest BCUT2D eigenvalue weighted by Crippen LogP contribution is 2.28. The van der Waals surface area contributed by atoms with E-state index in [-0.39, 0.29) is 0 Å². The maximum absolute atomic E-state index is 4.03. The smallest absolute Gasteiger partial charge is 0.0123 e. The summed E-state index contributed by atoms with van der Waals surface area (Å²) < 4.78 is 0. The van der Waals surface area contributed by atoms with E-state index >= 15 is 0 Å². The van der Waals surface area contributed by atoms with Crippen molar-refractivity contribution in [3.63, 3.8) is 0 Å². The topological polar surface area (TPSA) is 15.3 Å². The van der Waals surface area contributed by atoms with Gasteiger partial charge in [-0.1, -0.05) is 32.1 Å². The maximum Gasteiger partial charge on any atom is 0.0123 e. The molecule has 2 bridgehead atoms. The van der Waals surface area contributed by atoms with Crippen LogP contribution in [0.3, 0.4) is 0 Å². The number of nitrogens with zero attached hydrogens (tertiary/aromatic N) is 1. The third kappa shape index (κ3) is 3.03. The van der Waals surface area contributed by atoms with Gasteiger partial charge in [0.25, 0.3) is 0 Å². The molecule has 2 heteroatoms. The van der Waals surface area contributed by atoms with E-state index in [0.717, 1.165) is 18.0 Å². The lowest BCUT2D eigenvalue weighted by Gasteiger charge is -2.34. The van der Waals surface area contributed by atoms with Gasteiger partial charge in [0.1, 0.15) is 0 Å². The summed E-state index contributed by atoms with van der Waals surface area (Å²) in [5, 5.41) is 4.03. The first-order valence-corrected chi connectivity index (χ1v) is 7.90. The van der Waals surface area contributed by atoms with Crippen molar-refractivity contribution in [2.75, 3.05) is 19.6 Å². The van der Waals surface area contributed by atoms with Gasteiger partial charge >= 0.3 is 0 Å². The van der Waals surface area contributed by atoms with Gasteiger partial charge in [0, 0.05) is 18.6 Å². The Balaban J connectivity index is 1.50. The van der Waals surface area contributed by atoms with Crippen LogP contribution in [0.4, 0.5) is 0 Å². The summed E-state index contributed by atoms with van der Waals surface area (Å²) in [5.74, 6) is 0.967. The highest BCUT2D eigenvalue weighted by Gasteiger charge is 2.34. The first-order valence-electron chi connectivity index (χ1n) is 7.90. The van der Waals surface area contributed by atoms with Gasteiger partial charge in [0.2, 0.25) is 0 Å². The van der Waals surface area contributed by atoms with Gasteiger partial charge in [-0.3, -0.25) is 0 Å². The molecule has 0 radical (unpaired) electrons. The Morgan fingerprint density at radius 2 is 1.47 bits per heavy atom. The van der Waals surface area contributed by atoms with Crippen molar-refractivity contribution in [2.45, 2.75) is 69.9 Å². The standard InChI is InChI=1S/C15H28N2/c1-2-4-6-14(7-5-3-1)16-15-9-11-17-10-8-13(15)12-17/h13-16H,1-12H2. The minimum Gasteiger partial charge on any atom is -0.311 e. The Morgan fingerprint density at radius 1 is 0.765 bits per heavy atom. The number of fused-ring (bicyclic) bond motifs is 2. The zero-order valence-corrected chi connectivity index (χ0v) is 11.2. The van der Waals surface area contributed by atoms with E-state index in [9.17, 15) is 0 Å². The minimum absolute atomic E-state index is 0.840. The van der Waals surface area contributed by atoms with E-state index in [1.54, 1.807) is 0 Å². The Hall–Kier alpha value is -0.0800. The number of nitrogens with one attached hydrogen (secondary N) is 1. The van der Waals surface area contributed by atoms with Gasteiger partial charge in [-0.05, 0) is 44.7 Å². The predicted molar refractivity (Wildman–Crippen MR) is 72.2 cm³/mol. The van der Waals surface area contributed by atoms with Gasteiger partial charge in [-0.15, -0.1) is 0 Å². The summed E-state index contributed by atoms with van der Waals surface area (Å²) >= 11 is 0. The van der Waals surface area contributed by atoms with Crippen molar-refractivity contribution >= 4 is 0 Å². The molecule has 3 atom stereocenters. The van der Waals surface area contributed by atoms with Crippen LogP contribution in [-0.4, -0.2) is 36.6 Å². The van der Waals surface area contributed by atoms with Crippen molar-refractivity contribution in [3.8, 4) is 0 Å². The molecule has 0 aromatic heterocycles. The molecule has 1 saturated carbocycles. The average Bonchev–Trinajstić information content (AvgIpc) is 2.68. The molecule has 0 aromatic carbocycles. The number of hydrogen-bond donors (Lipinski definition) is 1. The van der Waals surface area contributed by atoms with E-state index in [2.05, 4.69) is 10.2 Å². The van der Waals surface area contributed by atoms with Crippen LogP contribution < -0.4 is 5.32 Å². The molecule has 98 valence electrons. The minimum atomic E-state index is 0.840. The molecule has 2 heterocycles. The number of hydrogen-bond acceptors (Lipinski definition) is 2. The maximum atomic E-state index is 4.03. The molecule has 0 amide bonds. The molecule has 3 aliphatic rings. The van der Waals surface area contributed by atoms with Crippen LogP contribution in [0, 0.1) is 5.92 Å². The van der Waals surface area contributed by atoms with E-state index in [4.69, 9.17) is 0 Å². The Labute approximate surface area is 106 Å². The molecule has 2 nitrogen and oxygen atoms in total. The van der Waals surface area contributed by atoms with Crippen molar-refractivity contribution < 1.29 is 0 Å². The third-order valence-corrected chi connectivity index (χ3v) is 5.19. The van der Waals surface area contributed by atoms with Crippen LogP contribution in [0.15, 0.2) is 0 Å². The fraction of sp³-hybridized carbons (Fsp3) is 1.00. The molecule has 1 N–H and O–H groups in total. The van der Waals surface area contributed by atoms with Crippen LogP contribution in [0.5, 0.6) is 0 Å². The van der Waals surface area contributed by atoms with Crippen molar-refractivity contribution in [1.29, 1.82) is 0 Å². The zero-order valence-electron chi connectivity index (χ0n) is 11.2. The van der Waals surface area contributed by atoms with E-state index in [1.165, 1.54) is 77.4 Å². The zero-order chi connectivity index (χ0) is 11.5. The first kappa shape index (κ1) is 12.0. The van der Waals surface area contributed by atoms with Crippen molar-refractivity contribution in [1.82, 2.24) is 10.2 Å². The predicted octanol–water partition coefficient (Wildman–Crippen LogP) is 2.78. The number of piperidine rings is 1. The lowest BCUT2D eigenvalue weighted by molar-refractivity contribution is 0.201. The Kier molecular flexibility index (Phi) is 4.02. The van der Waals surface area contributed by atoms with E-state index < -0.39 is 0 Å². The average molecular weight is 236 g/mol. The largest absolute Gasteiger partial charge is 0.311 e. The summed E-state index contributed by atoms with van der Waals surface area (Å²) in [6.45, 7) is 4.10. The van der Waals surface area contributed by atoms with Gasteiger partial charge < -0.3 is 10.2 Å². The van der Waals surface area contributed by atoms with Gasteiger partial charge in [0.05, 0.1) is 0 Å². The molecule has 0 aromatic rings. The summed E-state index contributed by atoms with van der Waals surface area (Å²) in [6, 6.07) is 1.69. The quantitative estimate of drug-likeness (QED) is 0.793. The Bertz CT molecular complexity index is 233. The molecule has 17 heavy (non-hydrogen) atoms. The van der Waals surface area contributed by atoms with E-state index in [0.29, 0.717) is 0 Å². The van der Waals surface area contributed by atoms with Crippen LogP contribution >= 0.6 is 0 Å². The fourth-order valence-electron chi connectivity index (χ4n) is 4.10. The molecule has 0 spiro atoms. The van der Waals surface area contributed by atoms with E-state index in [1.807, 2.05) is 0 Å². The van der Waals surface area contributed by atoms with Crippen molar-refractivity contribution in [2.24, 2.45) is 5.92 Å². The molecule has 2 saturated heterocycles. The van der Waals surface area contributed by atoms with Crippen LogP contribution in [0.2, 0.25) is 0 Å². The monoisotopic (exact) mass is 236 g/mol. The van der Waals surface area contributed by atoms with Crippen molar-refractivity contribution in [3.05, 3.63) is 0 Å². The summed E-state index contributed by atoms with van der Waals surface area (Å²) in [6.07, 6.45) is 13.1. The third-order valence-electron chi connectivity index (χ3n) is 5.19. The first-order chi connectivity index (χ1) is 8.42.